The molecule has 0 radical (unpaired) electrons. The van der Waals surface area contributed by atoms with Gasteiger partial charge in [0.05, 0.1) is 24.8 Å². The third-order valence-electron chi connectivity index (χ3n) is 12.1. The number of ketones is 2. The number of rotatable bonds is 15. The van der Waals surface area contributed by atoms with E-state index in [0.717, 1.165) is 19.3 Å². The second-order valence-corrected chi connectivity index (χ2v) is 24.0. The van der Waals surface area contributed by atoms with Gasteiger partial charge in [-0.15, -0.1) is 0 Å². The van der Waals surface area contributed by atoms with Gasteiger partial charge >= 0.3 is 6.09 Å². The predicted molar refractivity (Wildman–Crippen MR) is 231 cm³/mol. The van der Waals surface area contributed by atoms with E-state index in [9.17, 15) is 9.90 Å². The van der Waals surface area contributed by atoms with Gasteiger partial charge in [0, 0.05) is 37.7 Å². The molecule has 1 fully saturated rings. The summed E-state index contributed by atoms with van der Waals surface area (Å²) < 4.78 is 31.8. The van der Waals surface area contributed by atoms with Crippen molar-refractivity contribution >= 4 is 43.4 Å². The van der Waals surface area contributed by atoms with Crippen LogP contribution in [0.2, 0.25) is 18.1 Å². The fourth-order valence-electron chi connectivity index (χ4n) is 8.29. The molecule has 0 saturated heterocycles. The van der Waals surface area contributed by atoms with Gasteiger partial charge in [0.15, 0.2) is 31.2 Å². The van der Waals surface area contributed by atoms with Crippen LogP contribution in [0.5, 0.6) is 11.6 Å². The van der Waals surface area contributed by atoms with E-state index in [1.165, 1.54) is 4.90 Å². The lowest BCUT2D eigenvalue weighted by molar-refractivity contribution is -0.140. The number of carbonyl (C=O) groups excluding carboxylic acids is 3. The summed E-state index contributed by atoms with van der Waals surface area (Å²) >= 11 is 0. The maximum absolute atomic E-state index is 16.0. The van der Waals surface area contributed by atoms with Crippen molar-refractivity contribution in [1.82, 2.24) is 15.0 Å². The second kappa shape index (κ2) is 17.2. The Balaban J connectivity index is 1.85. The fourth-order valence-corrected chi connectivity index (χ4v) is 9.73. The molecule has 0 aromatic carbocycles. The van der Waals surface area contributed by atoms with Crippen LogP contribution >= 0.6 is 0 Å². The van der Waals surface area contributed by atoms with Crippen molar-refractivity contribution in [1.29, 1.82) is 0 Å². The van der Waals surface area contributed by atoms with E-state index < -0.39 is 60.1 Å². The highest BCUT2D eigenvalue weighted by Crippen LogP contribution is 2.60. The minimum absolute atomic E-state index is 0.0418. The van der Waals surface area contributed by atoms with Crippen LogP contribution < -0.4 is 19.3 Å². The molecule has 328 valence electrons. The monoisotopic (exact) mass is 839 g/mol. The summed E-state index contributed by atoms with van der Waals surface area (Å²) in [6, 6.07) is -0.587. The third-order valence-corrected chi connectivity index (χ3v) is 16.6. The summed E-state index contributed by atoms with van der Waals surface area (Å²) in [6.07, 6.45) is 3.71. The van der Waals surface area contributed by atoms with Gasteiger partial charge in [-0.05, 0) is 96.2 Å². The van der Waals surface area contributed by atoms with E-state index in [2.05, 4.69) is 25.9 Å². The van der Waals surface area contributed by atoms with Crippen LogP contribution in [-0.2, 0) is 20.4 Å². The van der Waals surface area contributed by atoms with Crippen molar-refractivity contribution in [2.45, 2.75) is 143 Å². The zero-order valence-electron chi connectivity index (χ0n) is 38.3. The number of carbonyl (C=O) groups is 3. The van der Waals surface area contributed by atoms with E-state index >= 15 is 9.59 Å². The number of aliphatic hydroxyl groups excluding tert-OH is 1. The Hall–Kier alpha value is -3.95. The molecule has 59 heavy (non-hydrogen) atoms. The first-order chi connectivity index (χ1) is 27.5. The number of fused-ring (bicyclic) bond motifs is 4. The predicted octanol–water partition coefficient (Wildman–Crippen LogP) is 8.94. The van der Waals surface area contributed by atoms with E-state index in [1.54, 1.807) is 20.8 Å². The molecule has 5 rings (SSSR count). The van der Waals surface area contributed by atoms with E-state index in [0.29, 0.717) is 49.4 Å². The number of aromatic nitrogens is 2. The first-order valence-corrected chi connectivity index (χ1v) is 24.3. The Bertz CT molecular complexity index is 1940. The number of Topliss-reactive ketones (excluding diaryl/α,β-unsaturated/α-hetero) is 2. The topological polar surface area (TPSA) is 157 Å². The molecule has 0 aliphatic heterocycles. The summed E-state index contributed by atoms with van der Waals surface area (Å²) in [7, 11) is 4.57. The van der Waals surface area contributed by atoms with Crippen LogP contribution in [0, 0.1) is 11.8 Å². The van der Waals surface area contributed by atoms with Gasteiger partial charge in [-0.2, -0.15) is 0 Å². The number of nitrogens with zero attached hydrogens (tertiary/aromatic N) is 5. The first-order valence-electron chi connectivity index (χ1n) is 21.4. The van der Waals surface area contributed by atoms with E-state index in [4.69, 9.17) is 28.1 Å². The molecule has 3 aliphatic carbocycles. The van der Waals surface area contributed by atoms with E-state index in [-0.39, 0.29) is 53.1 Å². The summed E-state index contributed by atoms with van der Waals surface area (Å²) in [6.45, 7) is 22.6. The highest BCUT2D eigenvalue weighted by atomic mass is 28.4. The number of unbranched alkanes of at least 4 members (excludes halogenated alkanes) is 2. The molecule has 15 heteroatoms. The molecule has 3 aliphatic rings. The Morgan fingerprint density at radius 3 is 2.08 bits per heavy atom. The quantitative estimate of drug-likeness (QED) is 0.103. The molecule has 1 N–H and O–H groups in total. The van der Waals surface area contributed by atoms with Crippen molar-refractivity contribution < 1.29 is 42.6 Å². The number of anilines is 2. The van der Waals surface area contributed by atoms with Crippen molar-refractivity contribution in [2.24, 2.45) is 11.8 Å². The van der Waals surface area contributed by atoms with Crippen LogP contribution in [0.4, 0.5) is 16.4 Å². The highest BCUT2D eigenvalue weighted by molar-refractivity contribution is 6.74. The maximum atomic E-state index is 16.0. The van der Waals surface area contributed by atoms with Gasteiger partial charge in [0.1, 0.15) is 22.7 Å². The SMILES string of the molecule is CCCCOc1noc2c1C(=O)[C@@]1(O[Si](C)(C)C(C)(C)C)C(=O)C3=C(O)c4c(c(N(C)C)nc(N(CCC)C(=O)OC(C)(C)C)c4OCCCC)C[C@H]3C[C@H]1[C@@H]2N(C)C. The molecule has 2 heterocycles. The largest absolute Gasteiger partial charge is 0.507 e. The Morgan fingerprint density at radius 2 is 1.54 bits per heavy atom. The van der Waals surface area contributed by atoms with Crippen molar-refractivity contribution in [2.75, 3.05) is 57.7 Å². The highest BCUT2D eigenvalue weighted by Gasteiger charge is 2.69. The molecular formula is C44H69N5O9Si. The lowest BCUT2D eigenvalue weighted by atomic mass is 9.57. The molecule has 0 unspecified atom stereocenters. The van der Waals surface area contributed by atoms with Gasteiger partial charge in [0.25, 0.3) is 5.88 Å². The van der Waals surface area contributed by atoms with Crippen LogP contribution in [0.25, 0.3) is 5.76 Å². The summed E-state index contributed by atoms with van der Waals surface area (Å²) in [5.74, 6) is -1.41. The van der Waals surface area contributed by atoms with Crippen molar-refractivity contribution in [3.8, 4) is 11.6 Å². The van der Waals surface area contributed by atoms with Crippen LogP contribution in [-0.4, -0.2) is 105 Å². The zero-order chi connectivity index (χ0) is 44.0. The summed E-state index contributed by atoms with van der Waals surface area (Å²) in [5, 5.41) is 16.8. The number of amides is 1. The molecule has 0 spiro atoms. The lowest BCUT2D eigenvalue weighted by Gasteiger charge is -2.55. The zero-order valence-corrected chi connectivity index (χ0v) is 39.3. The van der Waals surface area contributed by atoms with Gasteiger partial charge in [-0.25, -0.2) is 9.78 Å². The standard InChI is InChI=1S/C44H69N5O9Si/c1-16-19-22-54-35-30-27(38(48(12)13)45-39(35)49(21-18-3)41(53)56-42(4,5)6)24-26-25-28-32(47(10)11)34-31(40(46-57-34)55-23-20-17-2)37(52)44(28,36(51)29(26)33(30)50)58-59(14,15)43(7,8)9/h26,28,32,50H,16-25H2,1-15H3/t26-,28-,32-,44-/m0/s1. The fraction of sp³-hybridized carbons (Fsp3) is 0.705. The normalized spacial score (nSPS) is 21.8. The second-order valence-electron chi connectivity index (χ2n) is 19.3. The number of ether oxygens (including phenoxy) is 3. The molecule has 0 bridgehead atoms. The number of pyridine rings is 1. The Morgan fingerprint density at radius 1 is 0.915 bits per heavy atom. The summed E-state index contributed by atoms with van der Waals surface area (Å²) in [5.41, 5.74) is -1.66. The molecule has 2 aromatic heterocycles. The van der Waals surface area contributed by atoms with Crippen molar-refractivity contribution in [3.05, 3.63) is 28.0 Å². The Kier molecular flexibility index (Phi) is 13.4. The Labute approximate surface area is 352 Å². The average Bonchev–Trinajstić information content (AvgIpc) is 3.53. The molecule has 1 saturated carbocycles. The number of aliphatic hydroxyl groups is 1. The van der Waals surface area contributed by atoms with Gasteiger partial charge in [-0.3, -0.25) is 19.4 Å². The molecule has 1 amide bonds. The number of hydrogen-bond acceptors (Lipinski definition) is 13. The molecule has 14 nitrogen and oxygen atoms in total. The maximum Gasteiger partial charge on any atom is 0.416 e. The van der Waals surface area contributed by atoms with Crippen LogP contribution in [0.15, 0.2) is 10.1 Å². The lowest BCUT2D eigenvalue weighted by Crippen LogP contribution is -2.68. The number of hydrogen-bond donors (Lipinski definition) is 1. The van der Waals surface area contributed by atoms with Gasteiger partial charge in [-0.1, -0.05) is 54.4 Å². The average molecular weight is 840 g/mol. The van der Waals surface area contributed by atoms with Crippen LogP contribution in [0.3, 0.4) is 0 Å². The van der Waals surface area contributed by atoms with Gasteiger partial charge in [0.2, 0.25) is 11.6 Å². The summed E-state index contributed by atoms with van der Waals surface area (Å²) in [4.78, 5) is 55.9. The smallest absolute Gasteiger partial charge is 0.416 e. The molecular weight excluding hydrogens is 771 g/mol. The third kappa shape index (κ3) is 8.40. The van der Waals surface area contributed by atoms with Crippen molar-refractivity contribution in [3.63, 3.8) is 0 Å². The first kappa shape index (κ1) is 46.1. The molecule has 4 atom stereocenters. The minimum Gasteiger partial charge on any atom is -0.507 e. The molecule has 2 aromatic rings. The van der Waals surface area contributed by atoms with Gasteiger partial charge < -0.3 is 33.2 Å². The minimum atomic E-state index is -2.94. The van der Waals surface area contributed by atoms with Crippen LogP contribution in [0.1, 0.15) is 134 Å². The van der Waals surface area contributed by atoms with E-state index in [1.807, 2.05) is 71.9 Å².